The second kappa shape index (κ2) is 7.36. The number of rotatable bonds is 6. The van der Waals surface area contributed by atoms with Crippen molar-refractivity contribution in [2.75, 3.05) is 26.7 Å². The molecule has 104 valence electrons. The molecule has 0 aromatic carbocycles. The van der Waals surface area contributed by atoms with Crippen LogP contribution < -0.4 is 5.32 Å². The van der Waals surface area contributed by atoms with Gasteiger partial charge in [0.25, 0.3) is 0 Å². The van der Waals surface area contributed by atoms with Gasteiger partial charge in [0, 0.05) is 13.6 Å². The molecule has 1 saturated carbocycles. The number of carboxylic acids is 1. The van der Waals surface area contributed by atoms with E-state index in [9.17, 15) is 9.59 Å². The first-order valence-electron chi connectivity index (χ1n) is 6.72. The van der Waals surface area contributed by atoms with Gasteiger partial charge in [-0.2, -0.15) is 0 Å². The fraction of sp³-hybridized carbons (Fsp3) is 0.846. The molecule has 1 aliphatic rings. The summed E-state index contributed by atoms with van der Waals surface area (Å²) >= 11 is 0. The molecule has 0 bridgehead atoms. The third kappa shape index (κ3) is 4.64. The van der Waals surface area contributed by atoms with Crippen molar-refractivity contribution in [2.45, 2.75) is 32.6 Å². The van der Waals surface area contributed by atoms with E-state index >= 15 is 0 Å². The van der Waals surface area contributed by atoms with Gasteiger partial charge in [0.15, 0.2) is 0 Å². The summed E-state index contributed by atoms with van der Waals surface area (Å²) in [4.78, 5) is 24.0. The van der Waals surface area contributed by atoms with Crippen LogP contribution in [-0.4, -0.2) is 48.6 Å². The number of hydrogen-bond acceptors (Lipinski definition) is 3. The molecule has 1 fully saturated rings. The zero-order valence-corrected chi connectivity index (χ0v) is 11.3. The predicted octanol–water partition coefficient (Wildman–Crippen LogP) is 0.945. The van der Waals surface area contributed by atoms with Crippen LogP contribution in [0.5, 0.6) is 0 Å². The number of likely N-dealkylation sites (N-methyl/N-ethyl adjacent to an activating group) is 1. The van der Waals surface area contributed by atoms with Crippen LogP contribution >= 0.6 is 0 Å². The summed E-state index contributed by atoms with van der Waals surface area (Å²) in [5.74, 6) is -0.202. The lowest BCUT2D eigenvalue weighted by molar-refractivity contribution is -0.143. The summed E-state index contributed by atoms with van der Waals surface area (Å²) in [6.07, 6.45) is 3.43. The number of aliphatic carboxylic acids is 1. The van der Waals surface area contributed by atoms with Gasteiger partial charge in [-0.25, -0.2) is 0 Å². The van der Waals surface area contributed by atoms with Crippen LogP contribution in [0, 0.1) is 11.8 Å². The minimum Gasteiger partial charge on any atom is -0.481 e. The summed E-state index contributed by atoms with van der Waals surface area (Å²) in [7, 11) is 1.79. The highest BCUT2D eigenvalue weighted by molar-refractivity contribution is 5.77. The minimum absolute atomic E-state index is 0.108. The molecule has 1 rings (SSSR count). The van der Waals surface area contributed by atoms with E-state index in [1.807, 2.05) is 6.92 Å². The average Bonchev–Trinajstić information content (AvgIpc) is 2.38. The van der Waals surface area contributed by atoms with Gasteiger partial charge in [-0.05, 0) is 45.1 Å². The lowest BCUT2D eigenvalue weighted by Gasteiger charge is -2.26. The Morgan fingerprint density at radius 3 is 2.39 bits per heavy atom. The van der Waals surface area contributed by atoms with Gasteiger partial charge in [0.1, 0.15) is 0 Å². The van der Waals surface area contributed by atoms with Gasteiger partial charge in [0.05, 0.1) is 12.5 Å². The third-order valence-corrected chi connectivity index (χ3v) is 3.81. The standard InChI is InChI=1S/C13H24N2O3/c1-3-15(2)12(16)9-14-8-10-4-6-11(7-5-10)13(17)18/h10-11,14H,3-9H2,1-2H3,(H,17,18). The smallest absolute Gasteiger partial charge is 0.306 e. The maximum atomic E-state index is 11.5. The second-order valence-electron chi connectivity index (χ2n) is 5.09. The molecule has 0 saturated heterocycles. The van der Waals surface area contributed by atoms with Crippen LogP contribution in [0.15, 0.2) is 0 Å². The molecule has 18 heavy (non-hydrogen) atoms. The van der Waals surface area contributed by atoms with Crippen molar-refractivity contribution in [2.24, 2.45) is 11.8 Å². The van der Waals surface area contributed by atoms with Crippen LogP contribution in [0.3, 0.4) is 0 Å². The SMILES string of the molecule is CCN(C)C(=O)CNCC1CCC(C(=O)O)CC1. The lowest BCUT2D eigenvalue weighted by Crippen LogP contribution is -2.38. The van der Waals surface area contributed by atoms with Crippen molar-refractivity contribution in [3.63, 3.8) is 0 Å². The van der Waals surface area contributed by atoms with Crippen molar-refractivity contribution < 1.29 is 14.7 Å². The second-order valence-corrected chi connectivity index (χ2v) is 5.09. The number of amides is 1. The monoisotopic (exact) mass is 256 g/mol. The first-order chi connectivity index (χ1) is 8.54. The molecule has 0 aliphatic heterocycles. The van der Waals surface area contributed by atoms with Crippen LogP contribution in [0.1, 0.15) is 32.6 Å². The van der Waals surface area contributed by atoms with Gasteiger partial charge < -0.3 is 15.3 Å². The zero-order valence-electron chi connectivity index (χ0n) is 11.3. The van der Waals surface area contributed by atoms with E-state index in [4.69, 9.17) is 5.11 Å². The molecular formula is C13H24N2O3. The summed E-state index contributed by atoms with van der Waals surface area (Å²) in [5.41, 5.74) is 0. The Bertz CT molecular complexity index is 286. The highest BCUT2D eigenvalue weighted by Crippen LogP contribution is 2.28. The Hall–Kier alpha value is -1.10. The number of nitrogens with zero attached hydrogens (tertiary/aromatic N) is 1. The highest BCUT2D eigenvalue weighted by Gasteiger charge is 2.25. The van der Waals surface area contributed by atoms with Gasteiger partial charge in [-0.3, -0.25) is 9.59 Å². The summed E-state index contributed by atoms with van der Waals surface area (Å²) in [6, 6.07) is 0. The topological polar surface area (TPSA) is 69.6 Å². The van der Waals surface area contributed by atoms with E-state index in [2.05, 4.69) is 5.32 Å². The van der Waals surface area contributed by atoms with Gasteiger partial charge in [-0.15, -0.1) is 0 Å². The fourth-order valence-corrected chi connectivity index (χ4v) is 2.31. The summed E-state index contributed by atoms with van der Waals surface area (Å²) in [5, 5.41) is 12.1. The van der Waals surface area contributed by atoms with Crippen LogP contribution in [0.4, 0.5) is 0 Å². The van der Waals surface area contributed by atoms with E-state index in [1.165, 1.54) is 0 Å². The maximum absolute atomic E-state index is 11.5. The average molecular weight is 256 g/mol. The Labute approximate surface area is 109 Å². The Morgan fingerprint density at radius 1 is 1.28 bits per heavy atom. The Morgan fingerprint density at radius 2 is 1.89 bits per heavy atom. The molecule has 0 radical (unpaired) electrons. The highest BCUT2D eigenvalue weighted by atomic mass is 16.4. The van der Waals surface area contributed by atoms with Crippen LogP contribution in [0.2, 0.25) is 0 Å². The molecule has 0 spiro atoms. The largest absolute Gasteiger partial charge is 0.481 e. The predicted molar refractivity (Wildman–Crippen MR) is 69.3 cm³/mol. The molecule has 0 heterocycles. The Balaban J connectivity index is 2.15. The van der Waals surface area contributed by atoms with Crippen molar-refractivity contribution in [3.8, 4) is 0 Å². The van der Waals surface area contributed by atoms with Crippen LogP contribution in [0.25, 0.3) is 0 Å². The number of carbonyl (C=O) groups is 2. The van der Waals surface area contributed by atoms with E-state index in [-0.39, 0.29) is 11.8 Å². The zero-order chi connectivity index (χ0) is 13.5. The minimum atomic E-state index is -0.666. The quantitative estimate of drug-likeness (QED) is 0.742. The van der Waals surface area contributed by atoms with Gasteiger partial charge in [-0.1, -0.05) is 0 Å². The summed E-state index contributed by atoms with van der Waals surface area (Å²) in [6.45, 7) is 3.87. The van der Waals surface area contributed by atoms with Gasteiger partial charge in [0.2, 0.25) is 5.91 Å². The van der Waals surface area contributed by atoms with E-state index in [0.29, 0.717) is 12.5 Å². The number of carbonyl (C=O) groups excluding carboxylic acids is 1. The van der Waals surface area contributed by atoms with Crippen molar-refractivity contribution in [1.29, 1.82) is 0 Å². The summed E-state index contributed by atoms with van der Waals surface area (Å²) < 4.78 is 0. The van der Waals surface area contributed by atoms with E-state index in [0.717, 1.165) is 38.8 Å². The maximum Gasteiger partial charge on any atom is 0.306 e. The van der Waals surface area contributed by atoms with Crippen molar-refractivity contribution >= 4 is 11.9 Å². The molecule has 0 unspecified atom stereocenters. The van der Waals surface area contributed by atoms with Crippen molar-refractivity contribution in [1.82, 2.24) is 10.2 Å². The van der Waals surface area contributed by atoms with Crippen molar-refractivity contribution in [3.05, 3.63) is 0 Å². The molecule has 0 aromatic heterocycles. The first kappa shape index (κ1) is 15.0. The molecule has 0 atom stereocenters. The molecule has 0 aromatic rings. The normalized spacial score (nSPS) is 23.7. The number of nitrogens with one attached hydrogen (secondary N) is 1. The first-order valence-corrected chi connectivity index (χ1v) is 6.72. The third-order valence-electron chi connectivity index (χ3n) is 3.81. The molecule has 2 N–H and O–H groups in total. The fourth-order valence-electron chi connectivity index (χ4n) is 2.31. The lowest BCUT2D eigenvalue weighted by atomic mass is 9.82. The Kier molecular flexibility index (Phi) is 6.12. The molecule has 1 aliphatic carbocycles. The molecule has 5 heteroatoms. The number of hydrogen-bond donors (Lipinski definition) is 2. The van der Waals surface area contributed by atoms with E-state index in [1.54, 1.807) is 11.9 Å². The number of carboxylic acid groups (broad SMARTS) is 1. The van der Waals surface area contributed by atoms with E-state index < -0.39 is 5.97 Å². The molecular weight excluding hydrogens is 232 g/mol. The molecule has 5 nitrogen and oxygen atoms in total. The van der Waals surface area contributed by atoms with Gasteiger partial charge >= 0.3 is 5.97 Å². The molecule has 1 amide bonds. The van der Waals surface area contributed by atoms with Crippen LogP contribution in [-0.2, 0) is 9.59 Å².